The lowest BCUT2D eigenvalue weighted by molar-refractivity contribution is 0.122. The first-order chi connectivity index (χ1) is 13.0. The smallest absolute Gasteiger partial charge is 0.319 e. The van der Waals surface area contributed by atoms with Gasteiger partial charge in [-0.1, -0.05) is 0 Å². The number of anilines is 2. The van der Waals surface area contributed by atoms with Crippen molar-refractivity contribution >= 4 is 17.5 Å². The Morgan fingerprint density at radius 3 is 2.70 bits per heavy atom. The van der Waals surface area contributed by atoms with E-state index in [9.17, 15) is 4.79 Å². The number of amides is 2. The summed E-state index contributed by atoms with van der Waals surface area (Å²) in [6.07, 6.45) is 0. The molecule has 2 heterocycles. The summed E-state index contributed by atoms with van der Waals surface area (Å²) >= 11 is 0. The van der Waals surface area contributed by atoms with Gasteiger partial charge in [-0.3, -0.25) is 0 Å². The first-order valence-electron chi connectivity index (χ1n) is 8.92. The molecule has 144 valence electrons. The fourth-order valence-corrected chi connectivity index (χ4v) is 2.87. The molecule has 0 radical (unpaired) electrons. The minimum atomic E-state index is -0.304. The molecule has 1 aromatic carbocycles. The number of urea groups is 1. The maximum Gasteiger partial charge on any atom is 0.319 e. The monoisotopic (exact) mass is 371 g/mol. The number of nitrogens with one attached hydrogen (secondary N) is 2. The van der Waals surface area contributed by atoms with Gasteiger partial charge in [-0.05, 0) is 37.6 Å². The second-order valence-corrected chi connectivity index (χ2v) is 6.37. The van der Waals surface area contributed by atoms with Gasteiger partial charge in [0.05, 0.1) is 26.9 Å². The molecule has 1 fully saturated rings. The summed E-state index contributed by atoms with van der Waals surface area (Å²) < 4.78 is 10.6. The number of aryl methyl sites for hydroxylation is 2. The number of carbonyl (C=O) groups excluding carboxylic acids is 1. The van der Waals surface area contributed by atoms with Crippen molar-refractivity contribution in [3.63, 3.8) is 0 Å². The number of benzene rings is 1. The van der Waals surface area contributed by atoms with E-state index in [4.69, 9.17) is 9.47 Å². The van der Waals surface area contributed by atoms with Crippen molar-refractivity contribution in [2.45, 2.75) is 20.4 Å². The highest BCUT2D eigenvalue weighted by Crippen LogP contribution is 2.21. The van der Waals surface area contributed by atoms with Crippen molar-refractivity contribution in [1.29, 1.82) is 0 Å². The Hall–Kier alpha value is -2.87. The molecule has 2 aromatic rings. The molecule has 0 saturated carbocycles. The summed E-state index contributed by atoms with van der Waals surface area (Å²) in [4.78, 5) is 23.4. The van der Waals surface area contributed by atoms with E-state index in [2.05, 4.69) is 25.5 Å². The van der Waals surface area contributed by atoms with Crippen molar-refractivity contribution < 1.29 is 14.3 Å². The zero-order valence-electron chi connectivity index (χ0n) is 15.9. The van der Waals surface area contributed by atoms with E-state index in [-0.39, 0.29) is 12.6 Å². The fourth-order valence-electron chi connectivity index (χ4n) is 2.87. The molecule has 8 heteroatoms. The highest BCUT2D eigenvalue weighted by atomic mass is 16.5. The highest BCUT2D eigenvalue weighted by Gasteiger charge is 2.14. The van der Waals surface area contributed by atoms with E-state index in [1.165, 1.54) is 0 Å². The molecular formula is C19H25N5O3. The minimum Gasteiger partial charge on any atom is -0.497 e. The summed E-state index contributed by atoms with van der Waals surface area (Å²) in [6, 6.07) is 7.14. The second kappa shape index (κ2) is 8.68. The van der Waals surface area contributed by atoms with E-state index in [1.54, 1.807) is 13.2 Å². The van der Waals surface area contributed by atoms with E-state index in [1.807, 2.05) is 32.0 Å². The van der Waals surface area contributed by atoms with Crippen LogP contribution in [0.1, 0.15) is 17.1 Å². The normalized spacial score (nSPS) is 14.0. The molecular weight excluding hydrogens is 346 g/mol. The Morgan fingerprint density at radius 1 is 1.22 bits per heavy atom. The van der Waals surface area contributed by atoms with Crippen molar-refractivity contribution in [3.8, 4) is 5.75 Å². The summed E-state index contributed by atoms with van der Waals surface area (Å²) in [7, 11) is 1.61. The van der Waals surface area contributed by atoms with Gasteiger partial charge in [-0.2, -0.15) is 0 Å². The van der Waals surface area contributed by atoms with E-state index >= 15 is 0 Å². The Bertz CT molecular complexity index is 806. The SMILES string of the molecule is COc1ccc(NC(=O)NCc2nc(C)cc(N3CCOCC3)n2)c(C)c1. The van der Waals surface area contributed by atoms with E-state index < -0.39 is 0 Å². The van der Waals surface area contributed by atoms with Gasteiger partial charge < -0.3 is 25.0 Å². The first-order valence-corrected chi connectivity index (χ1v) is 8.92. The summed E-state index contributed by atoms with van der Waals surface area (Å²) in [5, 5.41) is 5.65. The topological polar surface area (TPSA) is 88.6 Å². The van der Waals surface area contributed by atoms with Crippen LogP contribution >= 0.6 is 0 Å². The minimum absolute atomic E-state index is 0.250. The number of rotatable bonds is 5. The Kier molecular flexibility index (Phi) is 6.08. The second-order valence-electron chi connectivity index (χ2n) is 6.37. The highest BCUT2D eigenvalue weighted by molar-refractivity contribution is 5.90. The van der Waals surface area contributed by atoms with Gasteiger partial charge in [-0.25, -0.2) is 14.8 Å². The average Bonchev–Trinajstić information content (AvgIpc) is 2.68. The largest absolute Gasteiger partial charge is 0.497 e. The molecule has 1 saturated heterocycles. The third kappa shape index (κ3) is 5.07. The van der Waals surface area contributed by atoms with Gasteiger partial charge in [0.1, 0.15) is 17.4 Å². The standard InChI is InChI=1S/C19H25N5O3/c1-13-10-15(26-3)4-5-16(13)22-19(25)20-12-17-21-14(2)11-18(23-17)24-6-8-27-9-7-24/h4-5,10-11H,6-9,12H2,1-3H3,(H2,20,22,25). The number of aromatic nitrogens is 2. The van der Waals surface area contributed by atoms with Gasteiger partial charge >= 0.3 is 6.03 Å². The molecule has 0 aliphatic carbocycles. The quantitative estimate of drug-likeness (QED) is 0.838. The molecule has 1 aliphatic rings. The first kappa shape index (κ1) is 18.9. The zero-order valence-corrected chi connectivity index (χ0v) is 15.9. The summed E-state index contributed by atoms with van der Waals surface area (Å²) in [5.74, 6) is 2.20. The maximum atomic E-state index is 12.2. The van der Waals surface area contributed by atoms with Gasteiger partial charge in [0.25, 0.3) is 0 Å². The molecule has 2 amide bonds. The van der Waals surface area contributed by atoms with Gasteiger partial charge in [0.15, 0.2) is 0 Å². The fraction of sp³-hybridized carbons (Fsp3) is 0.421. The average molecular weight is 371 g/mol. The number of ether oxygens (including phenoxy) is 2. The lowest BCUT2D eigenvalue weighted by Gasteiger charge is -2.28. The van der Waals surface area contributed by atoms with Crippen LogP contribution in [-0.4, -0.2) is 49.4 Å². The third-order valence-corrected chi connectivity index (χ3v) is 4.31. The van der Waals surface area contributed by atoms with Crippen molar-refractivity contribution in [3.05, 3.63) is 41.3 Å². The number of hydrogen-bond donors (Lipinski definition) is 2. The lowest BCUT2D eigenvalue weighted by Crippen LogP contribution is -2.37. The van der Waals surface area contributed by atoms with Crippen LogP contribution < -0.4 is 20.3 Å². The van der Waals surface area contributed by atoms with Crippen molar-refractivity contribution in [2.24, 2.45) is 0 Å². The molecule has 0 unspecified atom stereocenters. The van der Waals surface area contributed by atoms with Crippen LogP contribution in [0.3, 0.4) is 0 Å². The van der Waals surface area contributed by atoms with E-state index in [0.29, 0.717) is 19.0 Å². The van der Waals surface area contributed by atoms with Gasteiger partial charge in [0, 0.05) is 30.5 Å². The maximum absolute atomic E-state index is 12.2. The van der Waals surface area contributed by atoms with Crippen LogP contribution in [0, 0.1) is 13.8 Å². The van der Waals surface area contributed by atoms with Gasteiger partial charge in [-0.15, -0.1) is 0 Å². The molecule has 0 spiro atoms. The van der Waals surface area contributed by atoms with Crippen LogP contribution in [0.4, 0.5) is 16.3 Å². The number of methoxy groups -OCH3 is 1. The zero-order chi connectivity index (χ0) is 19.2. The van der Waals surface area contributed by atoms with Crippen LogP contribution in [0.15, 0.2) is 24.3 Å². The molecule has 0 atom stereocenters. The van der Waals surface area contributed by atoms with Crippen LogP contribution in [0.2, 0.25) is 0 Å². The lowest BCUT2D eigenvalue weighted by atomic mass is 10.2. The van der Waals surface area contributed by atoms with Crippen LogP contribution in [-0.2, 0) is 11.3 Å². The molecule has 8 nitrogen and oxygen atoms in total. The molecule has 27 heavy (non-hydrogen) atoms. The number of morpholine rings is 1. The van der Waals surface area contributed by atoms with Crippen LogP contribution in [0.5, 0.6) is 5.75 Å². The molecule has 2 N–H and O–H groups in total. The van der Waals surface area contributed by atoms with Crippen LogP contribution in [0.25, 0.3) is 0 Å². The third-order valence-electron chi connectivity index (χ3n) is 4.31. The predicted octanol–water partition coefficient (Wildman–Crippen LogP) is 2.26. The molecule has 0 bridgehead atoms. The summed E-state index contributed by atoms with van der Waals surface area (Å²) in [5.41, 5.74) is 2.52. The molecule has 1 aromatic heterocycles. The Balaban J connectivity index is 1.60. The number of nitrogens with zero attached hydrogens (tertiary/aromatic N) is 3. The van der Waals surface area contributed by atoms with Gasteiger partial charge in [0.2, 0.25) is 0 Å². The van der Waals surface area contributed by atoms with Crippen molar-refractivity contribution in [1.82, 2.24) is 15.3 Å². The Labute approximate surface area is 158 Å². The molecule has 1 aliphatic heterocycles. The van der Waals surface area contributed by atoms with E-state index in [0.717, 1.165) is 41.6 Å². The van der Waals surface area contributed by atoms with Crippen molar-refractivity contribution in [2.75, 3.05) is 43.6 Å². The number of hydrogen-bond acceptors (Lipinski definition) is 6. The number of carbonyl (C=O) groups is 1. The molecule has 3 rings (SSSR count). The Morgan fingerprint density at radius 2 is 2.00 bits per heavy atom. The summed E-state index contributed by atoms with van der Waals surface area (Å²) in [6.45, 7) is 7.09. The predicted molar refractivity (Wildman–Crippen MR) is 103 cm³/mol.